The number of carbonyl (C=O) groups is 1. The molecule has 1 aromatic carbocycles. The van der Waals surface area contributed by atoms with Crippen molar-refractivity contribution >= 4 is 43.6 Å². The monoisotopic (exact) mass is 421 g/mol. The summed E-state index contributed by atoms with van der Waals surface area (Å²) < 4.78 is 3.09. The van der Waals surface area contributed by atoms with Crippen molar-refractivity contribution in [3.8, 4) is 0 Å². The van der Waals surface area contributed by atoms with E-state index in [1.165, 1.54) is 6.92 Å². The van der Waals surface area contributed by atoms with Gasteiger partial charge in [0.2, 0.25) is 0 Å². The van der Waals surface area contributed by atoms with Crippen LogP contribution < -0.4 is 5.32 Å². The first kappa shape index (κ1) is 19.1. The summed E-state index contributed by atoms with van der Waals surface area (Å²) in [6, 6.07) is 8.11. The number of hydrogen-bond acceptors (Lipinski definition) is 7. The molecule has 0 spiro atoms. The van der Waals surface area contributed by atoms with Crippen molar-refractivity contribution in [2.75, 3.05) is 5.32 Å². The Kier molecular flexibility index (Phi) is 4.96. The number of ketones is 1. The van der Waals surface area contributed by atoms with Gasteiger partial charge in [0.1, 0.15) is 5.52 Å². The Balaban J connectivity index is 1.37. The molecule has 4 aromatic rings. The maximum atomic E-state index is 11.6. The SMILES string of the molecule is CC(=O)c1cnc2c(c1)ncn2Cc1ccc2nc(N[C@@H]3CCCC[C@H]3O)sc2c1. The number of carbonyl (C=O) groups excluding carboxylic acids is 1. The Labute approximate surface area is 177 Å². The summed E-state index contributed by atoms with van der Waals surface area (Å²) in [5.41, 5.74) is 4.14. The summed E-state index contributed by atoms with van der Waals surface area (Å²) in [6.07, 6.45) is 7.14. The molecule has 3 aromatic heterocycles. The molecule has 154 valence electrons. The van der Waals surface area contributed by atoms with Gasteiger partial charge in [0.15, 0.2) is 16.6 Å². The lowest BCUT2D eigenvalue weighted by atomic mass is 9.93. The highest BCUT2D eigenvalue weighted by atomic mass is 32.1. The number of imidazole rings is 1. The van der Waals surface area contributed by atoms with E-state index < -0.39 is 0 Å². The zero-order valence-corrected chi connectivity index (χ0v) is 17.5. The van der Waals surface area contributed by atoms with Gasteiger partial charge < -0.3 is 15.0 Å². The van der Waals surface area contributed by atoms with Gasteiger partial charge >= 0.3 is 0 Å². The number of aliphatic hydroxyl groups is 1. The maximum Gasteiger partial charge on any atom is 0.184 e. The number of nitrogens with zero attached hydrogens (tertiary/aromatic N) is 4. The highest BCUT2D eigenvalue weighted by molar-refractivity contribution is 7.22. The second-order valence-corrected chi connectivity index (χ2v) is 8.95. The van der Waals surface area contributed by atoms with Gasteiger partial charge in [-0.05, 0) is 43.5 Å². The minimum absolute atomic E-state index is 0.0141. The zero-order chi connectivity index (χ0) is 20.7. The average molecular weight is 422 g/mol. The third-order valence-electron chi connectivity index (χ3n) is 5.71. The Bertz CT molecular complexity index is 1230. The number of pyridine rings is 1. The zero-order valence-electron chi connectivity index (χ0n) is 16.7. The fraction of sp³-hybridized carbons (Fsp3) is 0.364. The number of anilines is 1. The van der Waals surface area contributed by atoms with E-state index in [-0.39, 0.29) is 17.9 Å². The topological polar surface area (TPSA) is 92.9 Å². The standard InChI is InChI=1S/C22H23N5O2S/c1-13(28)15-9-18-21(23-10-15)27(12-24-18)11-14-6-7-17-20(8-14)30-22(26-17)25-16-4-2-3-5-19(16)29/h6-10,12,16,19,29H,2-5,11H2,1H3,(H,25,26)/t16-,19-/m1/s1. The molecule has 0 bridgehead atoms. The highest BCUT2D eigenvalue weighted by Crippen LogP contribution is 2.30. The second-order valence-electron chi connectivity index (χ2n) is 7.92. The first-order valence-electron chi connectivity index (χ1n) is 10.2. The average Bonchev–Trinajstić information content (AvgIpc) is 3.32. The van der Waals surface area contributed by atoms with E-state index >= 15 is 0 Å². The molecule has 1 fully saturated rings. The molecule has 5 rings (SSSR count). The van der Waals surface area contributed by atoms with Crippen molar-refractivity contribution in [1.29, 1.82) is 0 Å². The number of thiazole rings is 1. The summed E-state index contributed by atoms with van der Waals surface area (Å²) in [4.78, 5) is 25.1. The lowest BCUT2D eigenvalue weighted by Gasteiger charge is -2.27. The van der Waals surface area contributed by atoms with Gasteiger partial charge in [-0.2, -0.15) is 0 Å². The molecule has 1 aliphatic carbocycles. The Hall–Kier alpha value is -2.84. The summed E-state index contributed by atoms with van der Waals surface area (Å²) in [5.74, 6) is -0.0141. The molecule has 8 heteroatoms. The van der Waals surface area contributed by atoms with Crippen molar-refractivity contribution < 1.29 is 9.90 Å². The second kappa shape index (κ2) is 7.77. The number of rotatable bonds is 5. The predicted octanol–water partition coefficient (Wildman–Crippen LogP) is 4.01. The van der Waals surface area contributed by atoms with E-state index in [9.17, 15) is 9.90 Å². The molecule has 0 unspecified atom stereocenters. The first-order chi connectivity index (χ1) is 14.6. The van der Waals surface area contributed by atoms with Gasteiger partial charge in [-0.3, -0.25) is 4.79 Å². The summed E-state index contributed by atoms with van der Waals surface area (Å²) in [7, 11) is 0. The predicted molar refractivity (Wildman–Crippen MR) is 118 cm³/mol. The van der Waals surface area contributed by atoms with E-state index in [2.05, 4.69) is 32.4 Å². The van der Waals surface area contributed by atoms with Crippen LogP contribution in [0.5, 0.6) is 0 Å². The molecule has 0 aliphatic heterocycles. The van der Waals surface area contributed by atoms with Crippen molar-refractivity contribution in [2.45, 2.75) is 51.3 Å². The molecule has 0 radical (unpaired) electrons. The van der Waals surface area contributed by atoms with E-state index in [1.807, 2.05) is 10.6 Å². The van der Waals surface area contributed by atoms with Gasteiger partial charge in [0, 0.05) is 11.8 Å². The third-order valence-corrected chi connectivity index (χ3v) is 6.66. The summed E-state index contributed by atoms with van der Waals surface area (Å²) >= 11 is 1.62. The number of benzene rings is 1. The molecule has 1 aliphatic rings. The van der Waals surface area contributed by atoms with Crippen LogP contribution in [0.2, 0.25) is 0 Å². The van der Waals surface area contributed by atoms with Crippen LogP contribution >= 0.6 is 11.3 Å². The van der Waals surface area contributed by atoms with E-state index in [0.717, 1.165) is 57.8 Å². The first-order valence-corrected chi connectivity index (χ1v) is 11.0. The Morgan fingerprint density at radius 1 is 1.23 bits per heavy atom. The van der Waals surface area contributed by atoms with Crippen LogP contribution in [-0.4, -0.2) is 42.6 Å². The van der Waals surface area contributed by atoms with E-state index in [0.29, 0.717) is 12.1 Å². The largest absolute Gasteiger partial charge is 0.391 e. The van der Waals surface area contributed by atoms with Crippen LogP contribution in [0.3, 0.4) is 0 Å². The normalized spacial score (nSPS) is 19.4. The minimum Gasteiger partial charge on any atom is -0.391 e. The van der Waals surface area contributed by atoms with Crippen LogP contribution in [0.25, 0.3) is 21.4 Å². The van der Waals surface area contributed by atoms with E-state index in [1.54, 1.807) is 29.9 Å². The number of hydrogen-bond donors (Lipinski definition) is 2. The molecule has 0 saturated heterocycles. The molecule has 7 nitrogen and oxygen atoms in total. The van der Waals surface area contributed by atoms with Gasteiger partial charge in [-0.15, -0.1) is 0 Å². The van der Waals surface area contributed by atoms with Crippen LogP contribution in [0.1, 0.15) is 48.5 Å². The molecule has 2 N–H and O–H groups in total. The van der Waals surface area contributed by atoms with Crippen molar-refractivity contribution in [3.05, 3.63) is 47.9 Å². The number of fused-ring (bicyclic) bond motifs is 2. The van der Waals surface area contributed by atoms with Crippen molar-refractivity contribution in [1.82, 2.24) is 19.5 Å². The maximum absolute atomic E-state index is 11.6. The number of Topliss-reactive ketones (excluding diaryl/α,β-unsaturated/α-hetero) is 1. The fourth-order valence-corrected chi connectivity index (χ4v) is 5.01. The lowest BCUT2D eigenvalue weighted by molar-refractivity contribution is 0.101. The number of aliphatic hydroxyl groups excluding tert-OH is 1. The van der Waals surface area contributed by atoms with Crippen LogP contribution in [0, 0.1) is 0 Å². The number of nitrogens with one attached hydrogen (secondary N) is 1. The van der Waals surface area contributed by atoms with Crippen molar-refractivity contribution in [2.24, 2.45) is 0 Å². The Morgan fingerprint density at radius 3 is 2.93 bits per heavy atom. The van der Waals surface area contributed by atoms with Crippen molar-refractivity contribution in [3.63, 3.8) is 0 Å². The number of aromatic nitrogens is 4. The Morgan fingerprint density at radius 2 is 2.10 bits per heavy atom. The van der Waals surface area contributed by atoms with Gasteiger partial charge in [0.05, 0.1) is 35.2 Å². The van der Waals surface area contributed by atoms with Gasteiger partial charge in [0.25, 0.3) is 0 Å². The molecule has 30 heavy (non-hydrogen) atoms. The van der Waals surface area contributed by atoms with Crippen LogP contribution in [0.4, 0.5) is 5.13 Å². The molecule has 2 atom stereocenters. The smallest absolute Gasteiger partial charge is 0.184 e. The van der Waals surface area contributed by atoms with Gasteiger partial charge in [-0.1, -0.05) is 30.2 Å². The van der Waals surface area contributed by atoms with Crippen LogP contribution in [-0.2, 0) is 6.54 Å². The third kappa shape index (κ3) is 3.68. The highest BCUT2D eigenvalue weighted by Gasteiger charge is 2.23. The minimum atomic E-state index is -0.299. The molecule has 1 saturated carbocycles. The fourth-order valence-electron chi connectivity index (χ4n) is 4.02. The van der Waals surface area contributed by atoms with Crippen LogP contribution in [0.15, 0.2) is 36.8 Å². The lowest BCUT2D eigenvalue weighted by Crippen LogP contribution is -2.36. The molecule has 0 amide bonds. The molecular formula is C22H23N5O2S. The summed E-state index contributed by atoms with van der Waals surface area (Å²) in [6.45, 7) is 2.17. The van der Waals surface area contributed by atoms with Gasteiger partial charge in [-0.25, -0.2) is 15.0 Å². The summed E-state index contributed by atoms with van der Waals surface area (Å²) in [5, 5.41) is 14.5. The molecule has 3 heterocycles. The molecular weight excluding hydrogens is 398 g/mol. The quantitative estimate of drug-likeness (QED) is 0.473. The van der Waals surface area contributed by atoms with E-state index in [4.69, 9.17) is 0 Å².